The van der Waals surface area contributed by atoms with Gasteiger partial charge in [-0.2, -0.15) is 0 Å². The van der Waals surface area contributed by atoms with E-state index in [9.17, 15) is 0 Å². The second kappa shape index (κ2) is 13.2. The zero-order valence-corrected chi connectivity index (χ0v) is 28.5. The molecule has 0 saturated carbocycles. The Hall–Kier alpha value is -5.83. The minimum Gasteiger partial charge on any atom is -0.256 e. The highest BCUT2D eigenvalue weighted by molar-refractivity contribution is 7.25. The van der Waals surface area contributed by atoms with Crippen molar-refractivity contribution >= 4 is 59.8 Å². The highest BCUT2D eigenvalue weighted by Gasteiger charge is 2.18. The fourth-order valence-electron chi connectivity index (χ4n) is 7.18. The van der Waals surface area contributed by atoms with Gasteiger partial charge in [-0.25, -0.2) is 0 Å². The Morgan fingerprint density at radius 3 is 2.44 bits per heavy atom. The number of thiophene rings is 1. The van der Waals surface area contributed by atoms with Crippen molar-refractivity contribution in [1.82, 2.24) is 0 Å². The normalized spacial score (nSPS) is 15.9. The van der Waals surface area contributed by atoms with Gasteiger partial charge in [-0.3, -0.25) is 4.99 Å². The van der Waals surface area contributed by atoms with E-state index in [1.165, 1.54) is 64.3 Å². The molecular weight excluding hydrogens is 623 g/mol. The highest BCUT2D eigenvalue weighted by atomic mass is 32.1. The lowest BCUT2D eigenvalue weighted by Gasteiger charge is -2.22. The number of benzene rings is 6. The summed E-state index contributed by atoms with van der Waals surface area (Å²) >= 11 is 1.87. The quantitative estimate of drug-likeness (QED) is 0.151. The van der Waals surface area contributed by atoms with Crippen LogP contribution >= 0.6 is 11.3 Å². The van der Waals surface area contributed by atoms with Crippen LogP contribution in [-0.4, -0.2) is 6.21 Å². The maximum atomic E-state index is 5.20. The third-order valence-corrected chi connectivity index (χ3v) is 11.0. The molecule has 1 nitrogen and oxygen atoms in total. The molecule has 0 radical (unpaired) electrons. The second-order valence-corrected chi connectivity index (χ2v) is 14.2. The van der Waals surface area contributed by atoms with E-state index in [0.29, 0.717) is 5.92 Å². The van der Waals surface area contributed by atoms with Gasteiger partial charge >= 0.3 is 0 Å². The minimum atomic E-state index is 0.455. The van der Waals surface area contributed by atoms with Gasteiger partial charge in [-0.05, 0) is 99.0 Å². The Bertz CT molecular complexity index is 2590. The molecule has 50 heavy (non-hydrogen) atoms. The standard InChI is InChI=1S/C48H35NS/c1-2-10-34(11-3-1)32-49-46(25-19-33-18-24-45-44-16-8-9-17-47(44)50-48(45)26-33)43-30-41(39-22-20-35-12-4-6-14-37(35)27-39)29-42(31-43)40-23-21-36-13-5-7-15-38(36)28-40/h1-18,20,22-32,36H,19,21H2/b46-25-,49-32?. The smallest absolute Gasteiger partial charge is 0.0666 e. The van der Waals surface area contributed by atoms with E-state index in [0.717, 1.165) is 29.7 Å². The molecule has 0 spiro atoms. The first-order valence-corrected chi connectivity index (χ1v) is 18.2. The number of nitrogens with zero attached hydrogens (tertiary/aromatic N) is 1. The summed E-state index contributed by atoms with van der Waals surface area (Å²) in [5.74, 6) is 0.455. The van der Waals surface area contributed by atoms with Gasteiger partial charge in [0.25, 0.3) is 0 Å². The van der Waals surface area contributed by atoms with E-state index in [-0.39, 0.29) is 0 Å². The minimum absolute atomic E-state index is 0.455. The highest BCUT2D eigenvalue weighted by Crippen LogP contribution is 2.37. The lowest BCUT2D eigenvalue weighted by atomic mass is 9.83. The summed E-state index contributed by atoms with van der Waals surface area (Å²) in [4.78, 5) is 5.20. The average molecular weight is 658 g/mol. The molecule has 0 aliphatic heterocycles. The fourth-order valence-corrected chi connectivity index (χ4v) is 8.35. The van der Waals surface area contributed by atoms with Gasteiger partial charge in [0.15, 0.2) is 0 Å². The SMILES string of the molecule is C1=CC2=CC(c3cc(/C(=C/Cc4ccc5c(c4)sc4ccccc45)N=Cc4ccccc4)cc(-c4ccc5ccccc5c4)c3)=CCC2C=C1. The Morgan fingerprint density at radius 2 is 1.50 bits per heavy atom. The summed E-state index contributed by atoms with van der Waals surface area (Å²) in [6.07, 6.45) is 19.7. The van der Waals surface area contributed by atoms with E-state index in [4.69, 9.17) is 4.99 Å². The van der Waals surface area contributed by atoms with Gasteiger partial charge in [-0.15, -0.1) is 11.3 Å². The third kappa shape index (κ3) is 6.11. The number of hydrogen-bond acceptors (Lipinski definition) is 2. The molecule has 0 fully saturated rings. The summed E-state index contributed by atoms with van der Waals surface area (Å²) < 4.78 is 2.66. The molecule has 238 valence electrons. The Kier molecular flexibility index (Phi) is 8.00. The molecule has 7 aromatic rings. The molecule has 0 N–H and O–H groups in total. The van der Waals surface area contributed by atoms with Gasteiger partial charge in [0.05, 0.1) is 5.70 Å². The van der Waals surface area contributed by atoms with Gasteiger partial charge in [0, 0.05) is 37.9 Å². The van der Waals surface area contributed by atoms with Crippen LogP contribution in [0.25, 0.3) is 53.3 Å². The van der Waals surface area contributed by atoms with Crippen LogP contribution in [0.4, 0.5) is 0 Å². The van der Waals surface area contributed by atoms with Gasteiger partial charge < -0.3 is 0 Å². The van der Waals surface area contributed by atoms with Gasteiger partial charge in [0.1, 0.15) is 0 Å². The Balaban J connectivity index is 1.17. The van der Waals surface area contributed by atoms with Crippen molar-refractivity contribution in [3.8, 4) is 11.1 Å². The predicted octanol–water partition coefficient (Wildman–Crippen LogP) is 13.0. The molecule has 1 unspecified atom stereocenters. The molecule has 9 rings (SSSR count). The topological polar surface area (TPSA) is 12.4 Å². The third-order valence-electron chi connectivity index (χ3n) is 9.86. The van der Waals surface area contributed by atoms with Crippen molar-refractivity contribution in [2.45, 2.75) is 12.8 Å². The van der Waals surface area contributed by atoms with Crippen LogP contribution < -0.4 is 0 Å². The Morgan fingerprint density at radius 1 is 0.680 bits per heavy atom. The summed E-state index contributed by atoms with van der Waals surface area (Å²) in [7, 11) is 0. The molecule has 6 aromatic carbocycles. The largest absolute Gasteiger partial charge is 0.256 e. The summed E-state index contributed by atoms with van der Waals surface area (Å²) in [5, 5.41) is 5.15. The van der Waals surface area contributed by atoms with Crippen molar-refractivity contribution in [2.75, 3.05) is 0 Å². The first kappa shape index (κ1) is 30.2. The zero-order valence-electron chi connectivity index (χ0n) is 27.7. The van der Waals surface area contributed by atoms with Crippen molar-refractivity contribution in [3.05, 3.63) is 204 Å². The monoisotopic (exact) mass is 657 g/mol. The van der Waals surface area contributed by atoms with Crippen LogP contribution in [0.3, 0.4) is 0 Å². The van der Waals surface area contributed by atoms with E-state index >= 15 is 0 Å². The van der Waals surface area contributed by atoms with Crippen LogP contribution in [0.15, 0.2) is 187 Å². The number of allylic oxidation sites excluding steroid dienone is 9. The van der Waals surface area contributed by atoms with Crippen LogP contribution in [0.5, 0.6) is 0 Å². The summed E-state index contributed by atoms with van der Waals surface area (Å²) in [6, 6.07) is 48.4. The molecule has 1 heterocycles. The number of aliphatic imine (C=N–C) groups is 1. The van der Waals surface area contributed by atoms with E-state index in [1.54, 1.807) is 0 Å². The molecule has 1 atom stereocenters. The maximum absolute atomic E-state index is 5.20. The van der Waals surface area contributed by atoms with Crippen LogP contribution in [0.2, 0.25) is 0 Å². The van der Waals surface area contributed by atoms with E-state index < -0.39 is 0 Å². The van der Waals surface area contributed by atoms with Crippen molar-refractivity contribution in [1.29, 1.82) is 0 Å². The van der Waals surface area contributed by atoms with Crippen LogP contribution in [0, 0.1) is 5.92 Å². The fraction of sp³-hybridized carbons (Fsp3) is 0.0625. The first-order valence-electron chi connectivity index (χ1n) is 17.3. The molecule has 0 amide bonds. The van der Waals surface area contributed by atoms with Crippen molar-refractivity contribution in [3.63, 3.8) is 0 Å². The van der Waals surface area contributed by atoms with Crippen LogP contribution in [-0.2, 0) is 6.42 Å². The molecule has 2 heteroatoms. The molecule has 1 aromatic heterocycles. The van der Waals surface area contributed by atoms with Gasteiger partial charge in [-0.1, -0.05) is 140 Å². The Labute approximate surface area is 297 Å². The van der Waals surface area contributed by atoms with E-state index in [1.807, 2.05) is 23.6 Å². The van der Waals surface area contributed by atoms with Gasteiger partial charge in [0.2, 0.25) is 0 Å². The lowest BCUT2D eigenvalue weighted by Crippen LogP contribution is -2.05. The number of hydrogen-bond donors (Lipinski definition) is 0. The second-order valence-electron chi connectivity index (χ2n) is 13.1. The zero-order chi connectivity index (χ0) is 33.3. The number of rotatable bonds is 7. The summed E-state index contributed by atoms with van der Waals surface area (Å²) in [5.41, 5.74) is 10.7. The molecule has 2 aliphatic carbocycles. The molecule has 0 saturated heterocycles. The van der Waals surface area contributed by atoms with Crippen molar-refractivity contribution < 1.29 is 0 Å². The molecular formula is C48H35NS. The average Bonchev–Trinajstić information content (AvgIpc) is 3.55. The lowest BCUT2D eigenvalue weighted by molar-refractivity contribution is 0.783. The maximum Gasteiger partial charge on any atom is 0.0666 e. The van der Waals surface area contributed by atoms with Crippen LogP contribution in [0.1, 0.15) is 28.7 Å². The predicted molar refractivity (Wildman–Crippen MR) is 217 cm³/mol. The summed E-state index contributed by atoms with van der Waals surface area (Å²) in [6.45, 7) is 0. The molecule has 0 bridgehead atoms. The first-order chi connectivity index (χ1) is 24.7. The van der Waals surface area contributed by atoms with E-state index in [2.05, 4.69) is 170 Å². The number of fused-ring (bicyclic) bond motifs is 5. The van der Waals surface area contributed by atoms with Crippen molar-refractivity contribution in [2.24, 2.45) is 10.9 Å². The molecule has 2 aliphatic rings.